The first-order chi connectivity index (χ1) is 21.4. The largest absolute Gasteiger partial charge is 0.496 e. The van der Waals surface area contributed by atoms with Crippen molar-refractivity contribution in [2.45, 2.75) is 11.6 Å². The molecule has 0 saturated heterocycles. The number of fused-ring (bicyclic) bond motifs is 1. The highest BCUT2D eigenvalue weighted by molar-refractivity contribution is 7.99. The second kappa shape index (κ2) is 13.8. The Morgan fingerprint density at radius 1 is 0.773 bits per heavy atom. The molecule has 44 heavy (non-hydrogen) atoms. The molecule has 0 atom stereocenters. The molecule has 0 aliphatic carbocycles. The highest BCUT2D eigenvalue weighted by Gasteiger charge is 2.24. The third-order valence-corrected chi connectivity index (χ3v) is 7.69. The second-order valence-electron chi connectivity index (χ2n) is 9.14. The van der Waals surface area contributed by atoms with Gasteiger partial charge in [0.15, 0.2) is 17.3 Å². The lowest BCUT2D eigenvalue weighted by molar-refractivity contribution is 0.309. The SMILES string of the molecule is COc1cc(OC)c2c(=O)c(OCCCSc3nnc(-c4ccc(Cl)cc4)o3)c(-c3cc(OC)c(OC)c(OC)c3)oc2c1. The van der Waals surface area contributed by atoms with E-state index in [0.29, 0.717) is 56.9 Å². The summed E-state index contributed by atoms with van der Waals surface area (Å²) in [6, 6.07) is 13.7. The van der Waals surface area contributed by atoms with Crippen molar-refractivity contribution in [3.8, 4) is 57.3 Å². The molecule has 0 N–H and O–H groups in total. The average molecular weight is 641 g/mol. The molecule has 0 aliphatic rings. The van der Waals surface area contributed by atoms with Crippen LogP contribution in [0.3, 0.4) is 0 Å². The van der Waals surface area contributed by atoms with Gasteiger partial charge in [-0.15, -0.1) is 10.2 Å². The number of halogens is 1. The van der Waals surface area contributed by atoms with Crippen LogP contribution in [0.15, 0.2) is 67.4 Å². The number of nitrogens with zero attached hydrogens (tertiary/aromatic N) is 2. The molecule has 5 aromatic rings. The molecular weight excluding hydrogens is 612 g/mol. The maximum Gasteiger partial charge on any atom is 0.276 e. The van der Waals surface area contributed by atoms with Gasteiger partial charge < -0.3 is 37.3 Å². The molecule has 0 fully saturated rings. The summed E-state index contributed by atoms with van der Waals surface area (Å²) in [6.45, 7) is 0.192. The monoisotopic (exact) mass is 640 g/mol. The van der Waals surface area contributed by atoms with E-state index in [9.17, 15) is 4.79 Å². The Labute approximate surface area is 261 Å². The summed E-state index contributed by atoms with van der Waals surface area (Å²) in [5.41, 5.74) is 1.09. The van der Waals surface area contributed by atoms with E-state index in [1.165, 1.54) is 47.3 Å². The van der Waals surface area contributed by atoms with Crippen LogP contribution < -0.4 is 33.8 Å². The van der Waals surface area contributed by atoms with Crippen molar-refractivity contribution in [2.75, 3.05) is 47.9 Å². The number of aromatic nitrogens is 2. The number of methoxy groups -OCH3 is 5. The van der Waals surface area contributed by atoms with Crippen LogP contribution in [0.1, 0.15) is 6.42 Å². The van der Waals surface area contributed by atoms with Crippen LogP contribution >= 0.6 is 23.4 Å². The molecule has 0 radical (unpaired) electrons. The van der Waals surface area contributed by atoms with Crippen molar-refractivity contribution in [1.29, 1.82) is 0 Å². The van der Waals surface area contributed by atoms with E-state index in [1.54, 1.807) is 36.4 Å². The summed E-state index contributed by atoms with van der Waals surface area (Å²) >= 11 is 7.34. The van der Waals surface area contributed by atoms with Crippen LogP contribution in [-0.4, -0.2) is 58.1 Å². The Morgan fingerprint density at radius 3 is 2.11 bits per heavy atom. The average Bonchev–Trinajstić information content (AvgIpc) is 3.53. The summed E-state index contributed by atoms with van der Waals surface area (Å²) in [5, 5.41) is 9.46. The van der Waals surface area contributed by atoms with Crippen LogP contribution in [0.25, 0.3) is 33.7 Å². The van der Waals surface area contributed by atoms with Gasteiger partial charge in [0.2, 0.25) is 22.8 Å². The van der Waals surface area contributed by atoms with Gasteiger partial charge in [-0.1, -0.05) is 23.4 Å². The topological polar surface area (TPSA) is 125 Å². The zero-order valence-electron chi connectivity index (χ0n) is 24.6. The molecule has 11 nitrogen and oxygen atoms in total. The van der Waals surface area contributed by atoms with E-state index in [-0.39, 0.29) is 34.8 Å². The third-order valence-electron chi connectivity index (χ3n) is 6.53. The zero-order valence-corrected chi connectivity index (χ0v) is 26.2. The maximum atomic E-state index is 13.9. The fourth-order valence-corrected chi connectivity index (χ4v) is 5.22. The van der Waals surface area contributed by atoms with Crippen LogP contribution in [0.5, 0.6) is 34.5 Å². The molecule has 5 rings (SSSR count). The number of hydrogen-bond donors (Lipinski definition) is 0. The normalized spacial score (nSPS) is 11.0. The van der Waals surface area contributed by atoms with Crippen molar-refractivity contribution in [3.63, 3.8) is 0 Å². The summed E-state index contributed by atoms with van der Waals surface area (Å²) < 4.78 is 45.6. The van der Waals surface area contributed by atoms with Crippen LogP contribution in [0.4, 0.5) is 0 Å². The number of rotatable bonds is 13. The van der Waals surface area contributed by atoms with Gasteiger partial charge in [-0.2, -0.15) is 0 Å². The first-order valence-electron chi connectivity index (χ1n) is 13.3. The molecular formula is C31H29ClN2O9S. The Morgan fingerprint density at radius 2 is 1.48 bits per heavy atom. The minimum absolute atomic E-state index is 0.00283. The highest BCUT2D eigenvalue weighted by Crippen LogP contribution is 2.44. The maximum absolute atomic E-state index is 13.9. The molecule has 230 valence electrons. The predicted molar refractivity (Wildman–Crippen MR) is 166 cm³/mol. The first kappa shape index (κ1) is 30.9. The second-order valence-corrected chi connectivity index (χ2v) is 10.6. The van der Waals surface area contributed by atoms with Crippen molar-refractivity contribution in [1.82, 2.24) is 10.2 Å². The molecule has 2 aromatic heterocycles. The fraction of sp³-hybridized carbons (Fsp3) is 0.258. The Kier molecular flexibility index (Phi) is 9.71. The summed E-state index contributed by atoms with van der Waals surface area (Å²) in [7, 11) is 7.50. The summed E-state index contributed by atoms with van der Waals surface area (Å²) in [6.07, 6.45) is 0.551. The number of hydrogen-bond acceptors (Lipinski definition) is 12. The number of ether oxygens (including phenoxy) is 6. The van der Waals surface area contributed by atoms with Crippen LogP contribution in [0.2, 0.25) is 5.02 Å². The number of benzene rings is 3. The summed E-state index contributed by atoms with van der Waals surface area (Å²) in [5.74, 6) is 3.07. The molecule has 0 amide bonds. The molecule has 0 unspecified atom stereocenters. The van der Waals surface area contributed by atoms with E-state index >= 15 is 0 Å². The summed E-state index contributed by atoms with van der Waals surface area (Å²) in [4.78, 5) is 13.9. The van der Waals surface area contributed by atoms with Crippen molar-refractivity contribution < 1.29 is 37.3 Å². The lowest BCUT2D eigenvalue weighted by Crippen LogP contribution is -2.12. The van der Waals surface area contributed by atoms with Gasteiger partial charge in [0.05, 0.1) is 42.2 Å². The Balaban J connectivity index is 1.43. The van der Waals surface area contributed by atoms with Crippen molar-refractivity contribution in [2.24, 2.45) is 0 Å². The van der Waals surface area contributed by atoms with Crippen LogP contribution in [-0.2, 0) is 0 Å². The minimum Gasteiger partial charge on any atom is -0.496 e. The first-order valence-corrected chi connectivity index (χ1v) is 14.6. The Hall–Kier alpha value is -4.55. The van der Waals surface area contributed by atoms with Gasteiger partial charge >= 0.3 is 0 Å². The van der Waals surface area contributed by atoms with Gasteiger partial charge in [-0.25, -0.2) is 0 Å². The van der Waals surface area contributed by atoms with Crippen molar-refractivity contribution >= 4 is 34.3 Å². The van der Waals surface area contributed by atoms with Gasteiger partial charge in [0.25, 0.3) is 5.22 Å². The van der Waals surface area contributed by atoms with Crippen molar-refractivity contribution in [3.05, 3.63) is 63.8 Å². The molecule has 3 aromatic carbocycles. The van der Waals surface area contributed by atoms with E-state index in [2.05, 4.69) is 10.2 Å². The van der Waals surface area contributed by atoms with E-state index < -0.39 is 5.43 Å². The Bertz CT molecular complexity index is 1800. The quantitative estimate of drug-likeness (QED) is 0.0996. The van der Waals surface area contributed by atoms with Gasteiger partial charge in [0, 0.05) is 34.0 Å². The molecule has 0 saturated carbocycles. The van der Waals surface area contributed by atoms with Crippen LogP contribution in [0, 0.1) is 0 Å². The molecule has 0 spiro atoms. The van der Waals surface area contributed by atoms with E-state index in [0.717, 1.165) is 5.56 Å². The smallest absolute Gasteiger partial charge is 0.276 e. The molecule has 2 heterocycles. The van der Waals surface area contributed by atoms with Gasteiger partial charge in [-0.3, -0.25) is 4.79 Å². The third kappa shape index (κ3) is 6.36. The van der Waals surface area contributed by atoms with Gasteiger partial charge in [-0.05, 0) is 42.8 Å². The van der Waals surface area contributed by atoms with E-state index in [4.69, 9.17) is 48.9 Å². The highest BCUT2D eigenvalue weighted by atomic mass is 35.5. The van der Waals surface area contributed by atoms with E-state index in [1.807, 2.05) is 12.1 Å². The lowest BCUT2D eigenvalue weighted by atomic mass is 10.1. The minimum atomic E-state index is -0.410. The van der Waals surface area contributed by atoms with Gasteiger partial charge in [0.1, 0.15) is 22.5 Å². The number of thioether (sulfide) groups is 1. The fourth-order valence-electron chi connectivity index (χ4n) is 4.43. The molecule has 0 bridgehead atoms. The zero-order chi connectivity index (χ0) is 31.2. The molecule has 0 aliphatic heterocycles. The lowest BCUT2D eigenvalue weighted by Gasteiger charge is -2.16. The molecule has 13 heteroatoms. The standard InChI is InChI=1S/C31H29ClN2O9S/c1-36-20-15-21(37-2)25-22(16-20)42-27(18-13-23(38-3)28(40-5)24(14-18)39-4)29(26(25)35)41-11-6-12-44-31-34-33-30(43-31)17-7-9-19(32)10-8-17/h7-10,13-16H,6,11-12H2,1-5H3. The predicted octanol–water partition coefficient (Wildman–Crippen LogP) is 6.77.